The molecule has 1 aliphatic rings. The van der Waals surface area contributed by atoms with E-state index in [1.807, 2.05) is 48.9 Å². The van der Waals surface area contributed by atoms with E-state index in [9.17, 15) is 4.79 Å². The summed E-state index contributed by atoms with van der Waals surface area (Å²) < 4.78 is 7.24. The number of carbonyl (C=O) groups excluding carboxylic acids is 1. The van der Waals surface area contributed by atoms with Gasteiger partial charge in [-0.1, -0.05) is 0 Å². The molecule has 3 rings (SSSR count). The van der Waals surface area contributed by atoms with Crippen molar-refractivity contribution in [2.24, 2.45) is 0 Å². The summed E-state index contributed by atoms with van der Waals surface area (Å²) in [5.41, 5.74) is 3.63. The van der Waals surface area contributed by atoms with Crippen LogP contribution in [0.5, 0.6) is 0 Å². The van der Waals surface area contributed by atoms with Crippen molar-refractivity contribution in [2.45, 2.75) is 26.0 Å². The molecule has 1 aliphatic heterocycles. The number of ether oxygens (including phenoxy) is 1. The van der Waals surface area contributed by atoms with Crippen LogP contribution in [0, 0.1) is 13.8 Å². The number of hydrogen-bond donors (Lipinski definition) is 2. The van der Waals surface area contributed by atoms with Crippen LogP contribution < -0.4 is 10.6 Å². The zero-order chi connectivity index (χ0) is 16.4. The van der Waals surface area contributed by atoms with Gasteiger partial charge < -0.3 is 15.4 Å². The number of rotatable bonds is 4. The number of amides is 1. The fourth-order valence-corrected chi connectivity index (χ4v) is 2.94. The Hall–Kier alpha value is -2.18. The van der Waals surface area contributed by atoms with Crippen LogP contribution in [0.25, 0.3) is 5.69 Å². The molecule has 0 radical (unpaired) electrons. The Morgan fingerprint density at radius 3 is 2.65 bits per heavy atom. The second-order valence-corrected chi connectivity index (χ2v) is 5.90. The van der Waals surface area contributed by atoms with E-state index in [0.717, 1.165) is 30.2 Å². The van der Waals surface area contributed by atoms with Crippen molar-refractivity contribution in [1.82, 2.24) is 20.4 Å². The average Bonchev–Trinajstić information content (AvgIpc) is 3.13. The smallest absolute Gasteiger partial charge is 0.251 e. The maximum Gasteiger partial charge on any atom is 0.251 e. The highest BCUT2D eigenvalue weighted by atomic mass is 16.5. The SMILES string of the molecule is CO[C@H]1CNCC1NC(=O)c1ccc(-n2nc(C)cc2C)cc1. The first-order chi connectivity index (χ1) is 11.1. The van der Waals surface area contributed by atoms with Crippen LogP contribution in [-0.2, 0) is 4.74 Å². The molecule has 2 atom stereocenters. The lowest BCUT2D eigenvalue weighted by molar-refractivity contribution is 0.0780. The molecule has 23 heavy (non-hydrogen) atoms. The molecule has 0 saturated carbocycles. The summed E-state index contributed by atoms with van der Waals surface area (Å²) in [7, 11) is 1.67. The number of aromatic nitrogens is 2. The third-order valence-corrected chi connectivity index (χ3v) is 4.16. The molecule has 2 heterocycles. The molecule has 1 fully saturated rings. The van der Waals surface area contributed by atoms with Crippen molar-refractivity contribution in [3.63, 3.8) is 0 Å². The predicted octanol–water partition coefficient (Wildman–Crippen LogP) is 1.21. The van der Waals surface area contributed by atoms with Gasteiger partial charge in [0.05, 0.1) is 23.5 Å². The van der Waals surface area contributed by atoms with Crippen LogP contribution in [0.2, 0.25) is 0 Å². The van der Waals surface area contributed by atoms with E-state index in [2.05, 4.69) is 15.7 Å². The van der Waals surface area contributed by atoms with Gasteiger partial charge in [0, 0.05) is 31.5 Å². The van der Waals surface area contributed by atoms with E-state index in [4.69, 9.17) is 4.74 Å². The quantitative estimate of drug-likeness (QED) is 0.890. The first-order valence-corrected chi connectivity index (χ1v) is 7.76. The highest BCUT2D eigenvalue weighted by Gasteiger charge is 2.28. The van der Waals surface area contributed by atoms with Crippen LogP contribution in [0.3, 0.4) is 0 Å². The third kappa shape index (κ3) is 3.28. The second kappa shape index (κ2) is 6.52. The molecule has 0 bridgehead atoms. The van der Waals surface area contributed by atoms with Crippen molar-refractivity contribution in [1.29, 1.82) is 0 Å². The lowest BCUT2D eigenvalue weighted by atomic mass is 10.1. The Labute approximate surface area is 135 Å². The van der Waals surface area contributed by atoms with Gasteiger partial charge in [-0.15, -0.1) is 0 Å². The lowest BCUT2D eigenvalue weighted by Gasteiger charge is -2.18. The first-order valence-electron chi connectivity index (χ1n) is 7.76. The Morgan fingerprint density at radius 2 is 2.04 bits per heavy atom. The van der Waals surface area contributed by atoms with Gasteiger partial charge in [-0.25, -0.2) is 4.68 Å². The molecule has 1 aromatic carbocycles. The molecule has 6 heteroatoms. The minimum Gasteiger partial charge on any atom is -0.378 e. The average molecular weight is 314 g/mol. The van der Waals surface area contributed by atoms with Crippen LogP contribution in [0.4, 0.5) is 0 Å². The number of nitrogens with zero attached hydrogens (tertiary/aromatic N) is 2. The highest BCUT2D eigenvalue weighted by Crippen LogP contribution is 2.13. The molecule has 0 aliphatic carbocycles. The first kappa shape index (κ1) is 15.7. The Bertz CT molecular complexity index is 693. The maximum atomic E-state index is 12.4. The van der Waals surface area contributed by atoms with Crippen LogP contribution in [0.15, 0.2) is 30.3 Å². The molecular weight excluding hydrogens is 292 g/mol. The van der Waals surface area contributed by atoms with E-state index in [-0.39, 0.29) is 18.1 Å². The second-order valence-electron chi connectivity index (χ2n) is 5.90. The summed E-state index contributed by atoms with van der Waals surface area (Å²) in [5.74, 6) is -0.0827. The van der Waals surface area contributed by atoms with Gasteiger partial charge in [0.2, 0.25) is 0 Å². The summed E-state index contributed by atoms with van der Waals surface area (Å²) in [6.45, 7) is 5.47. The number of carbonyl (C=O) groups is 1. The van der Waals surface area contributed by atoms with Gasteiger partial charge in [-0.2, -0.15) is 5.10 Å². The number of hydrogen-bond acceptors (Lipinski definition) is 4. The minimum atomic E-state index is -0.0827. The normalized spacial score (nSPS) is 20.7. The third-order valence-electron chi connectivity index (χ3n) is 4.16. The fourth-order valence-electron chi connectivity index (χ4n) is 2.94. The molecule has 1 saturated heterocycles. The summed E-state index contributed by atoms with van der Waals surface area (Å²) in [6, 6.07) is 9.50. The topological polar surface area (TPSA) is 68.2 Å². The molecule has 6 nitrogen and oxygen atoms in total. The Balaban J connectivity index is 1.72. The van der Waals surface area contributed by atoms with Crippen LogP contribution >= 0.6 is 0 Å². The maximum absolute atomic E-state index is 12.4. The van der Waals surface area contributed by atoms with Gasteiger partial charge >= 0.3 is 0 Å². The van der Waals surface area contributed by atoms with Crippen LogP contribution in [0.1, 0.15) is 21.7 Å². The summed E-state index contributed by atoms with van der Waals surface area (Å²) >= 11 is 0. The molecule has 1 amide bonds. The van der Waals surface area contributed by atoms with Crippen molar-refractivity contribution in [3.8, 4) is 5.69 Å². The van der Waals surface area contributed by atoms with Crippen molar-refractivity contribution in [2.75, 3.05) is 20.2 Å². The largest absolute Gasteiger partial charge is 0.378 e. The highest BCUT2D eigenvalue weighted by molar-refractivity contribution is 5.94. The van der Waals surface area contributed by atoms with Crippen LogP contribution in [-0.4, -0.2) is 48.0 Å². The molecular formula is C17H22N4O2. The Morgan fingerprint density at radius 1 is 1.30 bits per heavy atom. The standard InChI is InChI=1S/C17H22N4O2/c1-11-8-12(2)21(20-11)14-6-4-13(5-7-14)17(22)19-15-9-18-10-16(15)23-3/h4-8,15-16,18H,9-10H2,1-3H3,(H,19,22)/t15?,16-/m0/s1. The predicted molar refractivity (Wildman–Crippen MR) is 88.0 cm³/mol. The van der Waals surface area contributed by atoms with Crippen molar-refractivity contribution < 1.29 is 9.53 Å². The van der Waals surface area contributed by atoms with Crippen molar-refractivity contribution in [3.05, 3.63) is 47.3 Å². The zero-order valence-corrected chi connectivity index (χ0v) is 13.7. The number of benzene rings is 1. The van der Waals surface area contributed by atoms with Gasteiger partial charge in [-0.05, 0) is 44.2 Å². The summed E-state index contributed by atoms with van der Waals surface area (Å²) in [6.07, 6.45) is 0.0212. The number of aryl methyl sites for hydroxylation is 2. The fraction of sp³-hybridized carbons (Fsp3) is 0.412. The van der Waals surface area contributed by atoms with E-state index in [1.165, 1.54) is 0 Å². The summed E-state index contributed by atoms with van der Waals surface area (Å²) in [5, 5.41) is 10.7. The van der Waals surface area contributed by atoms with E-state index < -0.39 is 0 Å². The molecule has 1 unspecified atom stereocenters. The van der Waals surface area contributed by atoms with E-state index >= 15 is 0 Å². The number of nitrogens with one attached hydrogen (secondary N) is 2. The molecule has 1 aromatic heterocycles. The molecule has 122 valence electrons. The molecule has 2 aromatic rings. The Kier molecular flexibility index (Phi) is 4.45. The summed E-state index contributed by atoms with van der Waals surface area (Å²) in [4.78, 5) is 12.4. The van der Waals surface area contributed by atoms with Gasteiger partial charge in [0.15, 0.2) is 0 Å². The van der Waals surface area contributed by atoms with E-state index in [0.29, 0.717) is 5.56 Å². The van der Waals surface area contributed by atoms with E-state index in [1.54, 1.807) is 7.11 Å². The minimum absolute atomic E-state index is 0.00295. The zero-order valence-electron chi connectivity index (χ0n) is 13.7. The van der Waals surface area contributed by atoms with Gasteiger partial charge in [0.1, 0.15) is 0 Å². The monoisotopic (exact) mass is 314 g/mol. The van der Waals surface area contributed by atoms with Gasteiger partial charge in [0.25, 0.3) is 5.91 Å². The lowest BCUT2D eigenvalue weighted by Crippen LogP contribution is -2.43. The molecule has 0 spiro atoms. The number of methoxy groups -OCH3 is 1. The molecule has 2 N–H and O–H groups in total. The van der Waals surface area contributed by atoms with Crippen molar-refractivity contribution >= 4 is 5.91 Å². The van der Waals surface area contributed by atoms with Gasteiger partial charge in [-0.3, -0.25) is 4.79 Å².